The van der Waals surface area contributed by atoms with Crippen molar-refractivity contribution in [1.82, 2.24) is 0 Å². The van der Waals surface area contributed by atoms with Crippen molar-refractivity contribution >= 4 is 0 Å². The molecule has 0 spiro atoms. The van der Waals surface area contributed by atoms with E-state index in [4.69, 9.17) is 0 Å². The predicted octanol–water partition coefficient (Wildman–Crippen LogP) is 7.35. The van der Waals surface area contributed by atoms with Crippen LogP contribution in [-0.4, -0.2) is 0 Å². The minimum absolute atomic E-state index is 0.724. The van der Waals surface area contributed by atoms with Gasteiger partial charge in [0.15, 0.2) is 0 Å². The molecule has 6 unspecified atom stereocenters. The Labute approximate surface area is 141 Å². The Morgan fingerprint density at radius 2 is 1.45 bits per heavy atom. The Morgan fingerprint density at radius 1 is 0.909 bits per heavy atom. The molecule has 0 aromatic rings. The number of unbranched alkanes of at least 4 members (excludes halogenated alkanes) is 1. The molecule has 130 valence electrons. The molecule has 0 bridgehead atoms. The molecule has 0 aliphatic heterocycles. The van der Waals surface area contributed by atoms with E-state index in [1.54, 1.807) is 11.1 Å². The van der Waals surface area contributed by atoms with Gasteiger partial charge < -0.3 is 0 Å². The van der Waals surface area contributed by atoms with Gasteiger partial charge in [-0.3, -0.25) is 0 Å². The standard InChI is InChI=1S/C22H42/c1-10-11-12-21-19(8)20(9)22(21)13-15(4)17(6)18(7)16(5)14(2)3/h14,16,18-22H,10-13H2,1-9H3. The van der Waals surface area contributed by atoms with Gasteiger partial charge in [-0.25, -0.2) is 0 Å². The summed E-state index contributed by atoms with van der Waals surface area (Å²) in [6, 6.07) is 0. The van der Waals surface area contributed by atoms with Crippen LogP contribution in [0, 0.1) is 41.4 Å². The molecule has 0 heteroatoms. The van der Waals surface area contributed by atoms with Crippen LogP contribution in [0.3, 0.4) is 0 Å². The van der Waals surface area contributed by atoms with Gasteiger partial charge in [0.2, 0.25) is 0 Å². The van der Waals surface area contributed by atoms with Crippen LogP contribution in [0.4, 0.5) is 0 Å². The first-order valence-electron chi connectivity index (χ1n) is 9.88. The fraction of sp³-hybridized carbons (Fsp3) is 0.909. The number of hydrogen-bond acceptors (Lipinski definition) is 0. The highest BCUT2D eigenvalue weighted by molar-refractivity contribution is 5.15. The molecule has 0 amide bonds. The molecule has 6 atom stereocenters. The second-order valence-corrected chi connectivity index (χ2v) is 8.75. The maximum Gasteiger partial charge on any atom is -0.0204 e. The smallest absolute Gasteiger partial charge is 0.0204 e. The van der Waals surface area contributed by atoms with Crippen molar-refractivity contribution in [2.24, 2.45) is 41.4 Å². The van der Waals surface area contributed by atoms with Crippen LogP contribution in [0.5, 0.6) is 0 Å². The lowest BCUT2D eigenvalue weighted by atomic mass is 9.55. The fourth-order valence-corrected chi connectivity index (χ4v) is 4.54. The van der Waals surface area contributed by atoms with Gasteiger partial charge in [0.05, 0.1) is 0 Å². The average Bonchev–Trinajstić information content (AvgIpc) is 2.50. The molecule has 0 aromatic heterocycles. The van der Waals surface area contributed by atoms with E-state index in [2.05, 4.69) is 62.3 Å². The summed E-state index contributed by atoms with van der Waals surface area (Å²) in [5, 5.41) is 0. The molecule has 0 radical (unpaired) electrons. The van der Waals surface area contributed by atoms with Gasteiger partial charge in [0.1, 0.15) is 0 Å². The van der Waals surface area contributed by atoms with Gasteiger partial charge in [0.25, 0.3) is 0 Å². The summed E-state index contributed by atoms with van der Waals surface area (Å²) in [5.41, 5.74) is 3.35. The van der Waals surface area contributed by atoms with Crippen molar-refractivity contribution in [3.05, 3.63) is 11.1 Å². The zero-order valence-corrected chi connectivity index (χ0v) is 16.9. The lowest BCUT2D eigenvalue weighted by Gasteiger charge is -2.50. The lowest BCUT2D eigenvalue weighted by Crippen LogP contribution is -2.43. The molecule has 0 saturated heterocycles. The van der Waals surface area contributed by atoms with Gasteiger partial charge in [-0.1, -0.05) is 72.5 Å². The Kier molecular flexibility index (Phi) is 7.69. The molecular weight excluding hydrogens is 264 g/mol. The quantitative estimate of drug-likeness (QED) is 0.411. The van der Waals surface area contributed by atoms with E-state index < -0.39 is 0 Å². The summed E-state index contributed by atoms with van der Waals surface area (Å²) in [4.78, 5) is 0. The second kappa shape index (κ2) is 8.55. The van der Waals surface area contributed by atoms with Crippen molar-refractivity contribution < 1.29 is 0 Å². The summed E-state index contributed by atoms with van der Waals surface area (Å²) in [6.45, 7) is 21.7. The van der Waals surface area contributed by atoms with Gasteiger partial charge in [-0.15, -0.1) is 0 Å². The maximum absolute atomic E-state index is 2.49. The first-order chi connectivity index (χ1) is 10.2. The van der Waals surface area contributed by atoms with E-state index in [-0.39, 0.29) is 0 Å². The molecule has 1 aliphatic rings. The Bertz CT molecular complexity index is 362. The van der Waals surface area contributed by atoms with Crippen LogP contribution in [0.2, 0.25) is 0 Å². The van der Waals surface area contributed by atoms with E-state index in [0.29, 0.717) is 0 Å². The molecule has 1 fully saturated rings. The molecule has 0 aromatic carbocycles. The minimum atomic E-state index is 0.724. The van der Waals surface area contributed by atoms with Crippen LogP contribution in [0.1, 0.15) is 88.0 Å². The Hall–Kier alpha value is -0.260. The summed E-state index contributed by atoms with van der Waals surface area (Å²) in [6.07, 6.45) is 5.57. The van der Waals surface area contributed by atoms with E-state index in [1.165, 1.54) is 25.7 Å². The fourth-order valence-electron chi connectivity index (χ4n) is 4.54. The SMILES string of the molecule is CCCCC1C(C)C(C)C1CC(C)=C(C)C(C)C(C)C(C)C. The molecule has 22 heavy (non-hydrogen) atoms. The van der Waals surface area contributed by atoms with Crippen LogP contribution in [0.15, 0.2) is 11.1 Å². The topological polar surface area (TPSA) is 0 Å². The molecule has 1 aliphatic carbocycles. The number of allylic oxidation sites excluding steroid dienone is 2. The Morgan fingerprint density at radius 3 is 1.95 bits per heavy atom. The third kappa shape index (κ3) is 4.39. The van der Waals surface area contributed by atoms with Crippen molar-refractivity contribution in [3.8, 4) is 0 Å². The van der Waals surface area contributed by atoms with Crippen molar-refractivity contribution in [1.29, 1.82) is 0 Å². The van der Waals surface area contributed by atoms with E-state index in [1.807, 2.05) is 0 Å². The van der Waals surface area contributed by atoms with Crippen LogP contribution >= 0.6 is 0 Å². The first kappa shape index (κ1) is 19.8. The average molecular weight is 307 g/mol. The van der Waals surface area contributed by atoms with Gasteiger partial charge in [-0.05, 0) is 68.1 Å². The summed E-state index contributed by atoms with van der Waals surface area (Å²) in [7, 11) is 0. The van der Waals surface area contributed by atoms with Crippen molar-refractivity contribution in [2.45, 2.75) is 88.0 Å². The summed E-state index contributed by atoms with van der Waals surface area (Å²) < 4.78 is 0. The normalized spacial score (nSPS) is 32.5. The third-order valence-electron chi connectivity index (χ3n) is 7.36. The zero-order valence-electron chi connectivity index (χ0n) is 16.9. The van der Waals surface area contributed by atoms with Crippen LogP contribution < -0.4 is 0 Å². The monoisotopic (exact) mass is 306 g/mol. The molecular formula is C22H42. The van der Waals surface area contributed by atoms with Gasteiger partial charge in [-0.2, -0.15) is 0 Å². The molecule has 0 nitrogen and oxygen atoms in total. The predicted molar refractivity (Wildman–Crippen MR) is 101 cm³/mol. The maximum atomic E-state index is 2.49. The summed E-state index contributed by atoms with van der Waals surface area (Å²) >= 11 is 0. The molecule has 1 saturated carbocycles. The highest BCUT2D eigenvalue weighted by Crippen LogP contribution is 2.51. The molecule has 1 rings (SSSR count). The first-order valence-corrected chi connectivity index (χ1v) is 9.88. The minimum Gasteiger partial charge on any atom is -0.0738 e. The van der Waals surface area contributed by atoms with E-state index >= 15 is 0 Å². The highest BCUT2D eigenvalue weighted by Gasteiger charge is 2.43. The van der Waals surface area contributed by atoms with Gasteiger partial charge in [0, 0.05) is 0 Å². The van der Waals surface area contributed by atoms with Crippen molar-refractivity contribution in [2.75, 3.05) is 0 Å². The van der Waals surface area contributed by atoms with Crippen LogP contribution in [-0.2, 0) is 0 Å². The molecule has 0 heterocycles. The van der Waals surface area contributed by atoms with E-state index in [9.17, 15) is 0 Å². The van der Waals surface area contributed by atoms with Crippen molar-refractivity contribution in [3.63, 3.8) is 0 Å². The summed E-state index contributed by atoms with van der Waals surface area (Å²) in [5.74, 6) is 6.07. The Balaban J connectivity index is 2.72. The molecule has 0 N–H and O–H groups in total. The zero-order chi connectivity index (χ0) is 17.0. The number of hydrogen-bond donors (Lipinski definition) is 0. The van der Waals surface area contributed by atoms with E-state index in [0.717, 1.165) is 41.4 Å². The lowest BCUT2D eigenvalue weighted by molar-refractivity contribution is -0.00495. The third-order valence-corrected chi connectivity index (χ3v) is 7.36. The second-order valence-electron chi connectivity index (χ2n) is 8.75. The van der Waals surface area contributed by atoms with Gasteiger partial charge >= 0.3 is 0 Å². The largest absolute Gasteiger partial charge is 0.0738 e. The van der Waals surface area contributed by atoms with Crippen LogP contribution in [0.25, 0.3) is 0 Å². The number of rotatable bonds is 8. The highest BCUT2D eigenvalue weighted by atomic mass is 14.5.